The third kappa shape index (κ3) is 2.20. The Hall–Kier alpha value is -1.55. The summed E-state index contributed by atoms with van der Waals surface area (Å²) in [5.74, 6) is -0.109. The van der Waals surface area contributed by atoms with Gasteiger partial charge < -0.3 is 0 Å². The Morgan fingerprint density at radius 3 is 2.56 bits per heavy atom. The molecule has 0 aromatic heterocycles. The van der Waals surface area contributed by atoms with Crippen LogP contribution in [0, 0.1) is 21.5 Å². The summed E-state index contributed by atoms with van der Waals surface area (Å²) in [5, 5.41) is 19.4. The molecule has 0 spiro atoms. The second-order valence-electron chi connectivity index (χ2n) is 3.52. The first-order valence-corrected chi connectivity index (χ1v) is 8.11. The molecule has 0 fully saturated rings. The fraction of sp³-hybridized carbons (Fsp3) is 0.0769. The van der Waals surface area contributed by atoms with Crippen molar-refractivity contribution in [2.75, 3.05) is 4.93 Å². The van der Waals surface area contributed by atoms with Crippen LogP contribution in [0.1, 0.15) is 5.56 Å². The van der Waals surface area contributed by atoms with Crippen molar-refractivity contribution in [3.05, 3.63) is 35.4 Å². The average Bonchev–Trinajstić information content (AvgIpc) is 2.30. The third-order valence-electron chi connectivity index (χ3n) is 2.36. The van der Waals surface area contributed by atoms with E-state index in [1.165, 1.54) is 6.07 Å². The maximum atomic E-state index is 13.7. The van der Waals surface area contributed by atoms with E-state index in [0.717, 1.165) is 12.1 Å². The second kappa shape index (κ2) is 4.98. The van der Waals surface area contributed by atoms with Gasteiger partial charge in [-0.3, -0.25) is 0 Å². The number of phenols is 2. The Morgan fingerprint density at radius 2 is 1.89 bits per heavy atom. The number of hydrogen-bond acceptors (Lipinski definition) is 2. The van der Waals surface area contributed by atoms with Gasteiger partial charge in [-0.2, -0.15) is 0 Å². The van der Waals surface area contributed by atoms with E-state index in [4.69, 9.17) is 0 Å². The molecule has 0 aliphatic heterocycles. The van der Waals surface area contributed by atoms with Crippen molar-refractivity contribution in [3.8, 4) is 21.3 Å². The Bertz CT molecular complexity index is 687. The number of fused-ring (bicyclic) bond motifs is 1. The minimum atomic E-state index is -1.08. The molecular weight excluding hydrogens is 353 g/mol. The molecule has 2 nitrogen and oxygen atoms in total. The number of halogens is 3. The van der Waals surface area contributed by atoms with Gasteiger partial charge in [0.15, 0.2) is 0 Å². The Balaban J connectivity index is 2.92. The van der Waals surface area contributed by atoms with Crippen LogP contribution in [-0.2, 0) is 0 Å². The molecule has 0 saturated carbocycles. The molecule has 0 aliphatic rings. The zero-order chi connectivity index (χ0) is 13.3. The summed E-state index contributed by atoms with van der Waals surface area (Å²) in [6.45, 7) is 0. The topological polar surface area (TPSA) is 40.5 Å². The van der Waals surface area contributed by atoms with Gasteiger partial charge in [-0.05, 0) is 0 Å². The Kier molecular flexibility index (Phi) is 3.57. The molecule has 0 radical (unpaired) electrons. The standard InChI is InChI=1S/C13H8F2IO2/c1-16-3-2-9-12-7(5-10(14)13(9)15)4-8(17)6-11(12)18/h4-6,17-18H,1H3/q-1. The number of aromatic hydroxyl groups is 2. The monoisotopic (exact) mass is 361 g/mol. The van der Waals surface area contributed by atoms with Crippen LogP contribution in [0.15, 0.2) is 18.2 Å². The summed E-state index contributed by atoms with van der Waals surface area (Å²) in [5.41, 5.74) is -0.163. The number of phenolic OH excluding ortho intramolecular Hbond substituents is 2. The normalized spacial score (nSPS) is 10.4. The van der Waals surface area contributed by atoms with Crippen molar-refractivity contribution in [2.45, 2.75) is 0 Å². The SMILES string of the molecule is C[I-]C#Cc1c(F)c(F)cc2cc(O)cc(O)c12. The van der Waals surface area contributed by atoms with E-state index in [-0.39, 0.29) is 27.8 Å². The van der Waals surface area contributed by atoms with Gasteiger partial charge in [0.2, 0.25) is 0 Å². The summed E-state index contributed by atoms with van der Waals surface area (Å²) in [6.07, 6.45) is 0. The minimum absolute atomic E-state index is 0.122. The summed E-state index contributed by atoms with van der Waals surface area (Å²) in [4.78, 5) is 1.89. The van der Waals surface area contributed by atoms with Crippen molar-refractivity contribution >= 4 is 10.8 Å². The Labute approximate surface area is 113 Å². The molecule has 0 aliphatic carbocycles. The van der Waals surface area contributed by atoms with E-state index in [9.17, 15) is 19.0 Å². The maximum absolute atomic E-state index is 13.7. The first kappa shape index (κ1) is 12.9. The van der Waals surface area contributed by atoms with Gasteiger partial charge in [0.05, 0.1) is 0 Å². The van der Waals surface area contributed by atoms with Crippen LogP contribution in [-0.4, -0.2) is 15.1 Å². The second-order valence-corrected chi connectivity index (χ2v) is 5.14. The van der Waals surface area contributed by atoms with Gasteiger partial charge in [0.25, 0.3) is 0 Å². The van der Waals surface area contributed by atoms with Crippen molar-refractivity contribution in [1.29, 1.82) is 0 Å². The van der Waals surface area contributed by atoms with E-state index in [0.29, 0.717) is 0 Å². The predicted molar refractivity (Wildman–Crippen MR) is 60.0 cm³/mol. The molecular formula is C13H8F2IO2-. The van der Waals surface area contributed by atoms with E-state index < -0.39 is 32.8 Å². The summed E-state index contributed by atoms with van der Waals surface area (Å²) >= 11 is -0.395. The van der Waals surface area contributed by atoms with Crippen molar-refractivity contribution in [2.24, 2.45) is 0 Å². The molecule has 5 heteroatoms. The molecule has 0 bridgehead atoms. The van der Waals surface area contributed by atoms with Gasteiger partial charge in [-0.1, -0.05) is 0 Å². The van der Waals surface area contributed by atoms with Crippen LogP contribution in [0.25, 0.3) is 10.8 Å². The number of rotatable bonds is 0. The van der Waals surface area contributed by atoms with Crippen molar-refractivity contribution < 1.29 is 40.2 Å². The average molecular weight is 361 g/mol. The fourth-order valence-electron chi connectivity index (χ4n) is 1.66. The summed E-state index contributed by atoms with van der Waals surface area (Å²) in [6, 6.07) is 3.26. The number of alkyl halides is 1. The van der Waals surface area contributed by atoms with Crippen LogP contribution < -0.4 is 21.2 Å². The Morgan fingerprint density at radius 1 is 1.17 bits per heavy atom. The molecule has 0 unspecified atom stereocenters. The molecule has 0 atom stereocenters. The fourth-order valence-corrected chi connectivity index (χ4v) is 2.20. The molecule has 2 aromatic rings. The zero-order valence-corrected chi connectivity index (χ0v) is 11.4. The van der Waals surface area contributed by atoms with E-state index in [1.807, 2.05) is 4.93 Å². The van der Waals surface area contributed by atoms with Gasteiger partial charge in [-0.15, -0.1) is 0 Å². The summed E-state index contributed by atoms with van der Waals surface area (Å²) < 4.78 is 29.8. The van der Waals surface area contributed by atoms with Crippen molar-refractivity contribution in [1.82, 2.24) is 0 Å². The molecule has 2 N–H and O–H groups in total. The molecule has 0 amide bonds. The van der Waals surface area contributed by atoms with Crippen LogP contribution in [0.5, 0.6) is 11.5 Å². The van der Waals surface area contributed by atoms with Crippen LogP contribution in [0.2, 0.25) is 0 Å². The first-order chi connectivity index (χ1) is 8.54. The van der Waals surface area contributed by atoms with Gasteiger partial charge >= 0.3 is 113 Å². The molecule has 0 saturated heterocycles. The quantitative estimate of drug-likeness (QED) is 0.380. The van der Waals surface area contributed by atoms with Crippen LogP contribution >= 0.6 is 0 Å². The summed E-state index contributed by atoms with van der Waals surface area (Å²) in [7, 11) is 0. The van der Waals surface area contributed by atoms with Crippen LogP contribution in [0.3, 0.4) is 0 Å². The zero-order valence-electron chi connectivity index (χ0n) is 9.26. The van der Waals surface area contributed by atoms with Crippen LogP contribution in [0.4, 0.5) is 8.78 Å². The molecule has 18 heavy (non-hydrogen) atoms. The van der Waals surface area contributed by atoms with Gasteiger partial charge in [0, 0.05) is 0 Å². The third-order valence-corrected chi connectivity index (χ3v) is 3.17. The van der Waals surface area contributed by atoms with E-state index in [2.05, 4.69) is 9.85 Å². The van der Waals surface area contributed by atoms with E-state index in [1.54, 1.807) is 0 Å². The molecule has 0 heterocycles. The first-order valence-electron chi connectivity index (χ1n) is 4.87. The predicted octanol–water partition coefficient (Wildman–Crippen LogP) is -0.443. The van der Waals surface area contributed by atoms with Gasteiger partial charge in [-0.25, -0.2) is 0 Å². The molecule has 2 aromatic carbocycles. The molecule has 94 valence electrons. The number of benzene rings is 2. The van der Waals surface area contributed by atoms with Gasteiger partial charge in [0.1, 0.15) is 0 Å². The number of hydrogen-bond donors (Lipinski definition) is 2. The van der Waals surface area contributed by atoms with E-state index >= 15 is 0 Å². The molecule has 2 rings (SSSR count). The van der Waals surface area contributed by atoms with Crippen molar-refractivity contribution in [3.63, 3.8) is 0 Å².